The van der Waals surface area contributed by atoms with Crippen molar-refractivity contribution in [2.45, 2.75) is 25.4 Å². The molecule has 82 valence electrons. The lowest BCUT2D eigenvalue weighted by atomic mass is 10.0. The summed E-state index contributed by atoms with van der Waals surface area (Å²) in [6.45, 7) is 5.23. The molecule has 1 unspecified atom stereocenters. The van der Waals surface area contributed by atoms with Gasteiger partial charge in [-0.05, 0) is 37.6 Å². The summed E-state index contributed by atoms with van der Waals surface area (Å²) in [6.07, 6.45) is 1.17. The first-order chi connectivity index (χ1) is 7.18. The lowest BCUT2D eigenvalue weighted by Crippen LogP contribution is -2.43. The molecule has 3 nitrogen and oxygen atoms in total. The molecule has 0 aliphatic carbocycles. The minimum Gasteiger partial charge on any atom is -0.508 e. The summed E-state index contributed by atoms with van der Waals surface area (Å²) >= 11 is 0. The van der Waals surface area contributed by atoms with Gasteiger partial charge in [0.25, 0.3) is 0 Å². The molecule has 3 heteroatoms. The predicted molar refractivity (Wildman–Crippen MR) is 60.8 cm³/mol. The fraction of sp³-hybridized carbons (Fsp3) is 0.500. The molecule has 15 heavy (non-hydrogen) atoms. The van der Waals surface area contributed by atoms with E-state index in [1.807, 2.05) is 12.1 Å². The van der Waals surface area contributed by atoms with Crippen LogP contribution in [0, 0.1) is 0 Å². The molecule has 0 bridgehead atoms. The number of rotatable bonds is 3. The predicted octanol–water partition coefficient (Wildman–Crippen LogP) is 1.23. The number of phenols is 1. The molecule has 0 spiro atoms. The molecule has 0 radical (unpaired) electrons. The van der Waals surface area contributed by atoms with Gasteiger partial charge in [-0.15, -0.1) is 0 Å². The molecule has 1 aromatic rings. The number of nitrogens with one attached hydrogen (secondary N) is 2. The SMILES string of the molecule is CC1(NCc2ccc(O)cc2)CCNC1. The molecule has 1 atom stereocenters. The lowest BCUT2D eigenvalue weighted by Gasteiger charge is -2.24. The number of hydrogen-bond donors (Lipinski definition) is 3. The second-order valence-electron chi connectivity index (χ2n) is 4.51. The van der Waals surface area contributed by atoms with Crippen molar-refractivity contribution in [2.75, 3.05) is 13.1 Å². The molecule has 2 rings (SSSR count). The van der Waals surface area contributed by atoms with Gasteiger partial charge < -0.3 is 15.7 Å². The summed E-state index contributed by atoms with van der Waals surface area (Å²) in [6, 6.07) is 7.36. The van der Waals surface area contributed by atoms with E-state index in [1.165, 1.54) is 12.0 Å². The highest BCUT2D eigenvalue weighted by atomic mass is 16.3. The molecule has 0 saturated carbocycles. The summed E-state index contributed by atoms with van der Waals surface area (Å²) in [5.41, 5.74) is 1.43. The Morgan fingerprint density at radius 3 is 2.73 bits per heavy atom. The van der Waals surface area contributed by atoms with Crippen LogP contribution >= 0.6 is 0 Å². The molecular formula is C12H18N2O. The van der Waals surface area contributed by atoms with Crippen molar-refractivity contribution in [3.63, 3.8) is 0 Å². The maximum Gasteiger partial charge on any atom is 0.115 e. The minimum atomic E-state index is 0.220. The zero-order valence-electron chi connectivity index (χ0n) is 9.09. The summed E-state index contributed by atoms with van der Waals surface area (Å²) in [5.74, 6) is 0.326. The minimum absolute atomic E-state index is 0.220. The highest BCUT2D eigenvalue weighted by Gasteiger charge is 2.27. The van der Waals surface area contributed by atoms with Gasteiger partial charge in [-0.1, -0.05) is 12.1 Å². The van der Waals surface area contributed by atoms with Crippen LogP contribution in [0.25, 0.3) is 0 Å². The van der Waals surface area contributed by atoms with Crippen LogP contribution in [-0.4, -0.2) is 23.7 Å². The quantitative estimate of drug-likeness (QED) is 0.697. The number of phenolic OH excluding ortho intramolecular Hbond substituents is 1. The Hall–Kier alpha value is -1.06. The number of hydrogen-bond acceptors (Lipinski definition) is 3. The second kappa shape index (κ2) is 4.21. The van der Waals surface area contributed by atoms with Crippen molar-refractivity contribution >= 4 is 0 Å². The molecule has 3 N–H and O–H groups in total. The van der Waals surface area contributed by atoms with Gasteiger partial charge in [0.05, 0.1) is 0 Å². The molecule has 0 amide bonds. The normalized spacial score (nSPS) is 25.7. The van der Waals surface area contributed by atoms with Gasteiger partial charge in [0.2, 0.25) is 0 Å². The van der Waals surface area contributed by atoms with Gasteiger partial charge in [0, 0.05) is 18.6 Å². The smallest absolute Gasteiger partial charge is 0.115 e. The van der Waals surface area contributed by atoms with E-state index in [9.17, 15) is 0 Å². The van der Waals surface area contributed by atoms with Gasteiger partial charge in [0.15, 0.2) is 0 Å². The van der Waals surface area contributed by atoms with E-state index in [1.54, 1.807) is 12.1 Å². The molecule has 1 aliphatic rings. The Kier molecular flexibility index (Phi) is 2.93. The van der Waals surface area contributed by atoms with Crippen LogP contribution in [0.2, 0.25) is 0 Å². The maximum atomic E-state index is 9.16. The van der Waals surface area contributed by atoms with Crippen LogP contribution in [-0.2, 0) is 6.54 Å². The molecule has 1 saturated heterocycles. The third-order valence-electron chi connectivity index (χ3n) is 3.02. The lowest BCUT2D eigenvalue weighted by molar-refractivity contribution is 0.385. The van der Waals surface area contributed by atoms with Crippen molar-refractivity contribution in [2.24, 2.45) is 0 Å². The first-order valence-electron chi connectivity index (χ1n) is 5.42. The van der Waals surface area contributed by atoms with E-state index in [0.717, 1.165) is 19.6 Å². The van der Waals surface area contributed by atoms with Gasteiger partial charge in [-0.3, -0.25) is 0 Å². The van der Waals surface area contributed by atoms with Gasteiger partial charge in [-0.25, -0.2) is 0 Å². The van der Waals surface area contributed by atoms with E-state index in [0.29, 0.717) is 5.75 Å². The number of benzene rings is 1. The van der Waals surface area contributed by atoms with Gasteiger partial charge in [0.1, 0.15) is 5.75 Å². The van der Waals surface area contributed by atoms with Crippen LogP contribution in [0.1, 0.15) is 18.9 Å². The van der Waals surface area contributed by atoms with Crippen LogP contribution < -0.4 is 10.6 Å². The first-order valence-corrected chi connectivity index (χ1v) is 5.42. The van der Waals surface area contributed by atoms with Crippen LogP contribution in [0.15, 0.2) is 24.3 Å². The fourth-order valence-corrected chi connectivity index (χ4v) is 1.90. The van der Waals surface area contributed by atoms with Crippen LogP contribution in [0.3, 0.4) is 0 Å². The summed E-state index contributed by atoms with van der Waals surface area (Å²) < 4.78 is 0. The van der Waals surface area contributed by atoms with Crippen molar-refractivity contribution in [3.05, 3.63) is 29.8 Å². The zero-order chi connectivity index (χ0) is 10.7. The zero-order valence-corrected chi connectivity index (χ0v) is 9.09. The van der Waals surface area contributed by atoms with E-state index in [4.69, 9.17) is 5.11 Å². The van der Waals surface area contributed by atoms with E-state index >= 15 is 0 Å². The highest BCUT2D eigenvalue weighted by molar-refractivity contribution is 5.25. The fourth-order valence-electron chi connectivity index (χ4n) is 1.90. The first kappa shape index (κ1) is 10.5. The Morgan fingerprint density at radius 1 is 1.40 bits per heavy atom. The van der Waals surface area contributed by atoms with E-state index < -0.39 is 0 Å². The van der Waals surface area contributed by atoms with Crippen molar-refractivity contribution < 1.29 is 5.11 Å². The van der Waals surface area contributed by atoms with E-state index in [2.05, 4.69) is 17.6 Å². The summed E-state index contributed by atoms with van der Waals surface area (Å²) in [4.78, 5) is 0. The largest absolute Gasteiger partial charge is 0.508 e. The van der Waals surface area contributed by atoms with Crippen LogP contribution in [0.4, 0.5) is 0 Å². The number of aromatic hydroxyl groups is 1. The molecule has 1 fully saturated rings. The topological polar surface area (TPSA) is 44.3 Å². The average molecular weight is 206 g/mol. The van der Waals surface area contributed by atoms with Gasteiger partial charge >= 0.3 is 0 Å². The van der Waals surface area contributed by atoms with E-state index in [-0.39, 0.29) is 5.54 Å². The van der Waals surface area contributed by atoms with Crippen molar-refractivity contribution in [1.29, 1.82) is 0 Å². The Balaban J connectivity index is 1.90. The van der Waals surface area contributed by atoms with Crippen LogP contribution in [0.5, 0.6) is 5.75 Å². The third-order valence-corrected chi connectivity index (χ3v) is 3.02. The summed E-state index contributed by atoms with van der Waals surface area (Å²) in [7, 11) is 0. The molecule has 0 aromatic heterocycles. The molecule has 1 aliphatic heterocycles. The molecule has 1 heterocycles. The summed E-state index contributed by atoms with van der Waals surface area (Å²) in [5, 5.41) is 16.1. The molecular weight excluding hydrogens is 188 g/mol. The Bertz CT molecular complexity index is 315. The highest BCUT2D eigenvalue weighted by Crippen LogP contribution is 2.15. The molecule has 1 aromatic carbocycles. The third kappa shape index (κ3) is 2.70. The second-order valence-corrected chi connectivity index (χ2v) is 4.51. The van der Waals surface area contributed by atoms with Gasteiger partial charge in [-0.2, -0.15) is 0 Å². The Morgan fingerprint density at radius 2 is 2.13 bits per heavy atom. The average Bonchev–Trinajstić information content (AvgIpc) is 2.65. The van der Waals surface area contributed by atoms with Crippen molar-refractivity contribution in [3.8, 4) is 5.75 Å². The monoisotopic (exact) mass is 206 g/mol. The Labute approximate surface area is 90.5 Å². The maximum absolute atomic E-state index is 9.16. The van der Waals surface area contributed by atoms with Crippen molar-refractivity contribution in [1.82, 2.24) is 10.6 Å². The standard InChI is InChI=1S/C12H18N2O/c1-12(6-7-13-9-12)14-8-10-2-4-11(15)5-3-10/h2-5,13-15H,6-9H2,1H3.